The first-order chi connectivity index (χ1) is 9.67. The molecule has 112 valence electrons. The first kappa shape index (κ1) is 15.0. The van der Waals surface area contributed by atoms with E-state index < -0.39 is 27.3 Å². The fourth-order valence-electron chi connectivity index (χ4n) is 1.70. The zero-order valence-corrected chi connectivity index (χ0v) is 12.4. The third kappa shape index (κ3) is 3.40. The standard InChI is InChI=1S/C13H13NO6S/c1-14(2)9-5-4-8-6-10(12(15)19-11(8)7-9)13(16)20-21(3,17)18/h4-7H,1-3H3. The minimum absolute atomic E-state index is 0.294. The summed E-state index contributed by atoms with van der Waals surface area (Å²) in [5.41, 5.74) is -0.309. The van der Waals surface area contributed by atoms with Gasteiger partial charge in [0.2, 0.25) is 0 Å². The van der Waals surface area contributed by atoms with Gasteiger partial charge in [-0.15, -0.1) is 0 Å². The number of benzene rings is 1. The second-order valence-corrected chi connectivity index (χ2v) is 6.21. The summed E-state index contributed by atoms with van der Waals surface area (Å²) < 4.78 is 31.1. The number of anilines is 1. The number of fused-ring (bicyclic) bond motifs is 1. The van der Waals surface area contributed by atoms with Crippen molar-refractivity contribution >= 4 is 32.7 Å². The Morgan fingerprint density at radius 3 is 2.48 bits per heavy atom. The topological polar surface area (TPSA) is 93.9 Å². The molecule has 0 spiro atoms. The Labute approximate surface area is 120 Å². The Hall–Kier alpha value is -2.35. The van der Waals surface area contributed by atoms with Gasteiger partial charge in [0.05, 0.1) is 6.26 Å². The highest BCUT2D eigenvalue weighted by molar-refractivity contribution is 7.86. The van der Waals surface area contributed by atoms with Crippen molar-refractivity contribution in [1.82, 2.24) is 0 Å². The largest absolute Gasteiger partial charge is 0.422 e. The summed E-state index contributed by atoms with van der Waals surface area (Å²) in [6.07, 6.45) is 0.719. The maximum absolute atomic E-state index is 11.8. The summed E-state index contributed by atoms with van der Waals surface area (Å²) in [6.45, 7) is 0. The summed E-state index contributed by atoms with van der Waals surface area (Å²) in [6, 6.07) is 6.31. The van der Waals surface area contributed by atoms with Crippen molar-refractivity contribution in [3.05, 3.63) is 40.2 Å². The van der Waals surface area contributed by atoms with Gasteiger partial charge in [0, 0.05) is 31.2 Å². The van der Waals surface area contributed by atoms with Crippen LogP contribution in [0.2, 0.25) is 0 Å². The third-order valence-corrected chi connectivity index (χ3v) is 3.14. The Bertz CT molecular complexity index is 866. The lowest BCUT2D eigenvalue weighted by molar-refractivity contribution is 0.0744. The van der Waals surface area contributed by atoms with Crippen molar-refractivity contribution in [2.24, 2.45) is 0 Å². The Balaban J connectivity index is 2.54. The molecule has 1 aromatic heterocycles. The van der Waals surface area contributed by atoms with Crippen molar-refractivity contribution in [2.45, 2.75) is 0 Å². The molecule has 2 aromatic rings. The molecule has 0 aliphatic rings. The average molecular weight is 311 g/mol. The van der Waals surface area contributed by atoms with Crippen LogP contribution in [-0.2, 0) is 14.3 Å². The molecule has 0 bridgehead atoms. The lowest BCUT2D eigenvalue weighted by Gasteiger charge is -2.12. The van der Waals surface area contributed by atoms with Gasteiger partial charge in [0.25, 0.3) is 0 Å². The van der Waals surface area contributed by atoms with Gasteiger partial charge in [-0.1, -0.05) is 0 Å². The highest BCUT2D eigenvalue weighted by Crippen LogP contribution is 2.20. The minimum Gasteiger partial charge on any atom is -0.422 e. The molecule has 0 radical (unpaired) electrons. The molecule has 21 heavy (non-hydrogen) atoms. The molecule has 1 heterocycles. The van der Waals surface area contributed by atoms with Crippen LogP contribution in [0.3, 0.4) is 0 Å². The molecule has 0 amide bonds. The Morgan fingerprint density at radius 1 is 1.24 bits per heavy atom. The van der Waals surface area contributed by atoms with E-state index in [1.165, 1.54) is 6.07 Å². The van der Waals surface area contributed by atoms with Crippen LogP contribution in [-0.4, -0.2) is 34.7 Å². The van der Waals surface area contributed by atoms with Crippen molar-refractivity contribution in [3.63, 3.8) is 0 Å². The van der Waals surface area contributed by atoms with E-state index in [1.807, 2.05) is 19.0 Å². The van der Waals surface area contributed by atoms with Crippen LogP contribution >= 0.6 is 0 Å². The highest BCUT2D eigenvalue weighted by Gasteiger charge is 2.19. The predicted octanol–water partition coefficient (Wildman–Crippen LogP) is 0.975. The second kappa shape index (κ2) is 5.21. The summed E-state index contributed by atoms with van der Waals surface area (Å²) in [5.74, 6) is -1.26. The quantitative estimate of drug-likeness (QED) is 0.616. The normalized spacial score (nSPS) is 11.4. The SMILES string of the molecule is CN(C)c1ccc2cc(C(=O)OS(C)(=O)=O)c(=O)oc2c1. The molecule has 0 fully saturated rings. The van der Waals surface area contributed by atoms with Gasteiger partial charge in [0.15, 0.2) is 0 Å². The molecule has 0 aliphatic heterocycles. The van der Waals surface area contributed by atoms with Gasteiger partial charge < -0.3 is 13.5 Å². The van der Waals surface area contributed by atoms with E-state index in [1.54, 1.807) is 18.2 Å². The Kier molecular flexibility index (Phi) is 3.73. The fraction of sp³-hybridized carbons (Fsp3) is 0.231. The molecule has 0 N–H and O–H groups in total. The number of nitrogens with zero attached hydrogens (tertiary/aromatic N) is 1. The van der Waals surface area contributed by atoms with Crippen LogP contribution in [0.15, 0.2) is 33.5 Å². The van der Waals surface area contributed by atoms with Crippen molar-refractivity contribution in [1.29, 1.82) is 0 Å². The van der Waals surface area contributed by atoms with Gasteiger partial charge in [-0.3, -0.25) is 0 Å². The molecule has 8 heteroatoms. The molecule has 1 aromatic carbocycles. The maximum Gasteiger partial charge on any atom is 0.361 e. The van der Waals surface area contributed by atoms with E-state index in [2.05, 4.69) is 4.18 Å². The monoisotopic (exact) mass is 311 g/mol. The smallest absolute Gasteiger partial charge is 0.361 e. The zero-order valence-electron chi connectivity index (χ0n) is 11.6. The summed E-state index contributed by atoms with van der Waals surface area (Å²) in [7, 11) is -0.335. The van der Waals surface area contributed by atoms with E-state index >= 15 is 0 Å². The molecule has 7 nitrogen and oxygen atoms in total. The lowest BCUT2D eigenvalue weighted by Crippen LogP contribution is -2.19. The van der Waals surface area contributed by atoms with Crippen LogP contribution in [0.1, 0.15) is 10.4 Å². The van der Waals surface area contributed by atoms with E-state index in [-0.39, 0.29) is 0 Å². The van der Waals surface area contributed by atoms with Gasteiger partial charge in [-0.05, 0) is 18.2 Å². The average Bonchev–Trinajstić information content (AvgIpc) is 2.34. The highest BCUT2D eigenvalue weighted by atomic mass is 32.2. The van der Waals surface area contributed by atoms with E-state index in [4.69, 9.17) is 4.42 Å². The lowest BCUT2D eigenvalue weighted by atomic mass is 10.1. The first-order valence-electron chi connectivity index (χ1n) is 5.86. The molecule has 0 aliphatic carbocycles. The molecule has 0 unspecified atom stereocenters. The van der Waals surface area contributed by atoms with Crippen molar-refractivity contribution < 1.29 is 21.8 Å². The van der Waals surface area contributed by atoms with Gasteiger partial charge in [-0.2, -0.15) is 8.42 Å². The summed E-state index contributed by atoms with van der Waals surface area (Å²) in [5, 5.41) is 0.487. The van der Waals surface area contributed by atoms with E-state index in [0.717, 1.165) is 11.9 Å². The zero-order chi connectivity index (χ0) is 15.8. The van der Waals surface area contributed by atoms with Crippen molar-refractivity contribution in [2.75, 3.05) is 25.3 Å². The van der Waals surface area contributed by atoms with Crippen molar-refractivity contribution in [3.8, 4) is 0 Å². The first-order valence-corrected chi connectivity index (χ1v) is 7.68. The number of hydrogen-bond donors (Lipinski definition) is 0. The number of carbonyl (C=O) groups excluding carboxylic acids is 1. The predicted molar refractivity (Wildman–Crippen MR) is 77.1 cm³/mol. The Morgan fingerprint density at radius 2 is 1.90 bits per heavy atom. The molecular weight excluding hydrogens is 298 g/mol. The van der Waals surface area contributed by atoms with E-state index in [9.17, 15) is 18.0 Å². The van der Waals surface area contributed by atoms with Gasteiger partial charge >= 0.3 is 21.7 Å². The fourth-order valence-corrected chi connectivity index (χ4v) is 2.07. The third-order valence-electron chi connectivity index (χ3n) is 2.68. The molecule has 0 atom stereocenters. The van der Waals surface area contributed by atoms with Crippen LogP contribution in [0.5, 0.6) is 0 Å². The molecule has 0 saturated heterocycles. The van der Waals surface area contributed by atoms with Gasteiger partial charge in [-0.25, -0.2) is 9.59 Å². The van der Waals surface area contributed by atoms with E-state index in [0.29, 0.717) is 11.0 Å². The minimum atomic E-state index is -4.00. The summed E-state index contributed by atoms with van der Waals surface area (Å²) in [4.78, 5) is 25.2. The van der Waals surface area contributed by atoms with Crippen LogP contribution < -0.4 is 10.5 Å². The number of carbonyl (C=O) groups is 1. The summed E-state index contributed by atoms with van der Waals surface area (Å²) >= 11 is 0. The van der Waals surface area contributed by atoms with Gasteiger partial charge in [0.1, 0.15) is 11.1 Å². The molecular formula is C13H13NO6S. The number of rotatable bonds is 3. The van der Waals surface area contributed by atoms with Crippen LogP contribution in [0.25, 0.3) is 11.0 Å². The van der Waals surface area contributed by atoms with Crippen LogP contribution in [0.4, 0.5) is 5.69 Å². The molecule has 0 saturated carbocycles. The van der Waals surface area contributed by atoms with Crippen LogP contribution in [0, 0.1) is 0 Å². The second-order valence-electron chi connectivity index (χ2n) is 4.64. The maximum atomic E-state index is 11.8. The number of hydrogen-bond acceptors (Lipinski definition) is 7. The molecule has 2 rings (SSSR count).